The van der Waals surface area contributed by atoms with Crippen molar-refractivity contribution >= 4 is 11.6 Å². The van der Waals surface area contributed by atoms with Gasteiger partial charge in [-0.1, -0.05) is 0 Å². The van der Waals surface area contributed by atoms with Crippen LogP contribution < -0.4 is 11.2 Å². The van der Waals surface area contributed by atoms with E-state index in [1.807, 2.05) is 5.01 Å². The van der Waals surface area contributed by atoms with Crippen molar-refractivity contribution in [1.29, 1.82) is 0 Å². The molecule has 92 valence electrons. The second-order valence-electron chi connectivity index (χ2n) is 4.19. The summed E-state index contributed by atoms with van der Waals surface area (Å²) in [6, 6.07) is 1.62. The molecule has 1 aromatic rings. The highest BCUT2D eigenvalue weighted by atomic mass is 16.2. The van der Waals surface area contributed by atoms with Gasteiger partial charge < -0.3 is 10.6 Å². The monoisotopic (exact) mass is 235 g/mol. The number of aromatic nitrogens is 1. The third-order valence-corrected chi connectivity index (χ3v) is 2.86. The largest absolute Gasteiger partial charge is 0.398 e. The van der Waals surface area contributed by atoms with Gasteiger partial charge in [0.1, 0.15) is 0 Å². The Kier molecular flexibility index (Phi) is 3.55. The zero-order chi connectivity index (χ0) is 12.3. The Morgan fingerprint density at radius 3 is 2.76 bits per heavy atom. The Morgan fingerprint density at radius 2 is 2.12 bits per heavy atom. The van der Waals surface area contributed by atoms with Crippen LogP contribution in [0.15, 0.2) is 18.5 Å². The van der Waals surface area contributed by atoms with Crippen molar-refractivity contribution in [3.8, 4) is 0 Å². The maximum absolute atomic E-state index is 11.9. The number of hydrogen-bond donors (Lipinski definition) is 2. The number of pyridine rings is 1. The van der Waals surface area contributed by atoms with Crippen LogP contribution >= 0.6 is 0 Å². The maximum Gasteiger partial charge on any atom is 0.269 e. The Bertz CT molecular complexity index is 401. The van der Waals surface area contributed by atoms with E-state index in [-0.39, 0.29) is 5.91 Å². The summed E-state index contributed by atoms with van der Waals surface area (Å²) in [5.74, 6) is -0.194. The van der Waals surface area contributed by atoms with E-state index in [0.29, 0.717) is 11.3 Å². The molecule has 0 spiro atoms. The number of rotatable bonds is 2. The van der Waals surface area contributed by atoms with Crippen LogP contribution in [0.4, 0.5) is 5.69 Å². The van der Waals surface area contributed by atoms with E-state index in [2.05, 4.69) is 22.4 Å². The number of carbonyl (C=O) groups is 1. The average molecular weight is 235 g/mol. The van der Waals surface area contributed by atoms with Crippen molar-refractivity contribution in [2.45, 2.75) is 0 Å². The molecule has 3 N–H and O–H groups in total. The van der Waals surface area contributed by atoms with Crippen LogP contribution in [0.2, 0.25) is 0 Å². The molecule has 17 heavy (non-hydrogen) atoms. The number of nitrogen functional groups attached to an aromatic ring is 1. The van der Waals surface area contributed by atoms with Crippen molar-refractivity contribution in [1.82, 2.24) is 20.3 Å². The fraction of sp³-hybridized carbons (Fsp3) is 0.455. The first-order valence-corrected chi connectivity index (χ1v) is 5.61. The van der Waals surface area contributed by atoms with Gasteiger partial charge in [0.15, 0.2) is 0 Å². The minimum atomic E-state index is -0.194. The number of carbonyl (C=O) groups excluding carboxylic acids is 1. The number of piperazine rings is 1. The molecule has 0 aromatic carbocycles. The average Bonchev–Trinajstić information content (AvgIpc) is 2.32. The highest BCUT2D eigenvalue weighted by molar-refractivity contribution is 5.98. The van der Waals surface area contributed by atoms with Gasteiger partial charge in [0, 0.05) is 44.3 Å². The van der Waals surface area contributed by atoms with Gasteiger partial charge in [0.2, 0.25) is 0 Å². The van der Waals surface area contributed by atoms with E-state index in [9.17, 15) is 4.79 Å². The van der Waals surface area contributed by atoms with Gasteiger partial charge in [-0.3, -0.25) is 15.2 Å². The Hall–Kier alpha value is -1.66. The first kappa shape index (κ1) is 11.8. The van der Waals surface area contributed by atoms with Crippen molar-refractivity contribution in [3.63, 3.8) is 0 Å². The normalized spacial score (nSPS) is 17.9. The summed E-state index contributed by atoms with van der Waals surface area (Å²) in [5.41, 5.74) is 9.44. The van der Waals surface area contributed by atoms with E-state index < -0.39 is 0 Å². The molecule has 6 nitrogen and oxygen atoms in total. The number of anilines is 1. The summed E-state index contributed by atoms with van der Waals surface area (Å²) >= 11 is 0. The van der Waals surface area contributed by atoms with Gasteiger partial charge in [-0.15, -0.1) is 0 Å². The van der Waals surface area contributed by atoms with Crippen LogP contribution in [0.1, 0.15) is 10.4 Å². The van der Waals surface area contributed by atoms with Gasteiger partial charge in [-0.05, 0) is 13.1 Å². The first-order chi connectivity index (χ1) is 8.16. The molecule has 1 aliphatic rings. The maximum atomic E-state index is 11.9. The SMILES string of the molecule is CN1CCN(NC(=O)c2cnccc2N)CC1. The summed E-state index contributed by atoms with van der Waals surface area (Å²) in [4.78, 5) is 18.1. The molecule has 0 bridgehead atoms. The zero-order valence-corrected chi connectivity index (χ0v) is 9.89. The number of nitrogens with two attached hydrogens (primary N) is 1. The standard InChI is InChI=1S/C11H17N5O/c1-15-4-6-16(7-5-15)14-11(17)9-8-13-3-2-10(9)12/h2-3,8H,4-7H2,1H3,(H2,12,13)(H,14,17). The van der Waals surface area contributed by atoms with E-state index in [0.717, 1.165) is 26.2 Å². The second-order valence-corrected chi connectivity index (χ2v) is 4.19. The van der Waals surface area contributed by atoms with Gasteiger partial charge in [-0.2, -0.15) is 0 Å². The summed E-state index contributed by atoms with van der Waals surface area (Å²) in [6.07, 6.45) is 3.06. The Balaban J connectivity index is 1.96. The fourth-order valence-electron chi connectivity index (χ4n) is 1.72. The minimum absolute atomic E-state index is 0.194. The molecule has 2 heterocycles. The molecule has 1 aliphatic heterocycles. The van der Waals surface area contributed by atoms with Crippen molar-refractivity contribution in [2.75, 3.05) is 39.0 Å². The lowest BCUT2D eigenvalue weighted by atomic mass is 10.2. The molecule has 0 atom stereocenters. The third kappa shape index (κ3) is 2.92. The first-order valence-electron chi connectivity index (χ1n) is 5.61. The van der Waals surface area contributed by atoms with E-state index >= 15 is 0 Å². The van der Waals surface area contributed by atoms with Crippen molar-refractivity contribution in [3.05, 3.63) is 24.0 Å². The van der Waals surface area contributed by atoms with Gasteiger partial charge in [0.05, 0.1) is 5.56 Å². The molecule has 0 aliphatic carbocycles. The quantitative estimate of drug-likeness (QED) is 0.726. The van der Waals surface area contributed by atoms with Crippen molar-refractivity contribution < 1.29 is 4.79 Å². The van der Waals surface area contributed by atoms with Crippen LogP contribution in [-0.4, -0.2) is 54.0 Å². The van der Waals surface area contributed by atoms with Gasteiger partial charge >= 0.3 is 0 Å². The van der Waals surface area contributed by atoms with Gasteiger partial charge in [0.25, 0.3) is 5.91 Å². The van der Waals surface area contributed by atoms with Crippen LogP contribution in [0.5, 0.6) is 0 Å². The number of amides is 1. The lowest BCUT2D eigenvalue weighted by Crippen LogP contribution is -2.52. The molecular formula is C11H17N5O. The van der Waals surface area contributed by atoms with Crippen LogP contribution in [0, 0.1) is 0 Å². The summed E-state index contributed by atoms with van der Waals surface area (Å²) < 4.78 is 0. The molecule has 0 radical (unpaired) electrons. The summed E-state index contributed by atoms with van der Waals surface area (Å²) in [6.45, 7) is 3.54. The predicted molar refractivity (Wildman–Crippen MR) is 65.2 cm³/mol. The Morgan fingerprint density at radius 1 is 1.41 bits per heavy atom. The summed E-state index contributed by atoms with van der Waals surface area (Å²) in [5, 5.41) is 1.91. The molecule has 0 unspecified atom stereocenters. The van der Waals surface area contributed by atoms with Crippen molar-refractivity contribution in [2.24, 2.45) is 0 Å². The smallest absolute Gasteiger partial charge is 0.269 e. The number of nitrogens with one attached hydrogen (secondary N) is 1. The molecule has 0 saturated carbocycles. The predicted octanol–water partition coefficient (Wildman–Crippen LogP) is -0.444. The molecule has 1 amide bonds. The minimum Gasteiger partial charge on any atom is -0.398 e. The number of hydrogen-bond acceptors (Lipinski definition) is 5. The van der Waals surface area contributed by atoms with Crippen LogP contribution in [-0.2, 0) is 0 Å². The van der Waals surface area contributed by atoms with E-state index in [4.69, 9.17) is 5.73 Å². The highest BCUT2D eigenvalue weighted by Gasteiger charge is 2.17. The highest BCUT2D eigenvalue weighted by Crippen LogP contribution is 2.08. The molecule has 1 aromatic heterocycles. The molecule has 1 fully saturated rings. The second kappa shape index (κ2) is 5.11. The summed E-state index contributed by atoms with van der Waals surface area (Å²) in [7, 11) is 2.07. The van der Waals surface area contributed by atoms with Gasteiger partial charge in [-0.25, -0.2) is 5.01 Å². The van der Waals surface area contributed by atoms with E-state index in [1.54, 1.807) is 12.3 Å². The topological polar surface area (TPSA) is 74.5 Å². The molecule has 6 heteroatoms. The number of nitrogens with zero attached hydrogens (tertiary/aromatic N) is 3. The number of likely N-dealkylation sites (N-methyl/N-ethyl adjacent to an activating group) is 1. The molecular weight excluding hydrogens is 218 g/mol. The fourth-order valence-corrected chi connectivity index (χ4v) is 1.72. The third-order valence-electron chi connectivity index (χ3n) is 2.86. The van der Waals surface area contributed by atoms with E-state index in [1.165, 1.54) is 6.20 Å². The zero-order valence-electron chi connectivity index (χ0n) is 9.89. The van der Waals surface area contributed by atoms with Crippen LogP contribution in [0.3, 0.4) is 0 Å². The molecule has 1 saturated heterocycles. The molecule has 2 rings (SSSR count). The lowest BCUT2D eigenvalue weighted by Gasteiger charge is -2.32. The Labute approximate surface area is 100 Å². The van der Waals surface area contributed by atoms with Crippen LogP contribution in [0.25, 0.3) is 0 Å². The number of hydrazine groups is 1. The lowest BCUT2D eigenvalue weighted by molar-refractivity contribution is 0.0663.